The van der Waals surface area contributed by atoms with E-state index in [1.54, 1.807) is 6.07 Å². The largest absolute Gasteiger partial charge is 0.478 e. The molecule has 0 unspecified atom stereocenters. The Morgan fingerprint density at radius 1 is 1.35 bits per heavy atom. The molecule has 0 saturated carbocycles. The molecule has 0 atom stereocenters. The van der Waals surface area contributed by atoms with E-state index in [4.69, 9.17) is 0 Å². The molecule has 20 heavy (non-hydrogen) atoms. The molecule has 0 aliphatic carbocycles. The SMILES string of the molecule is CC1(C)CCN(c2cc(C(=O)O)c3ccccc3n2)C1. The number of hydrogen-bond acceptors (Lipinski definition) is 3. The Morgan fingerprint density at radius 3 is 2.75 bits per heavy atom. The highest BCUT2D eigenvalue weighted by Gasteiger charge is 2.30. The van der Waals surface area contributed by atoms with Crippen molar-refractivity contribution in [3.8, 4) is 0 Å². The van der Waals surface area contributed by atoms with Gasteiger partial charge >= 0.3 is 5.97 Å². The first-order valence-electron chi connectivity index (χ1n) is 6.84. The average Bonchev–Trinajstić information content (AvgIpc) is 2.77. The zero-order chi connectivity index (χ0) is 14.3. The molecular weight excluding hydrogens is 252 g/mol. The number of fused-ring (bicyclic) bond motifs is 1. The van der Waals surface area contributed by atoms with Gasteiger partial charge in [0, 0.05) is 18.5 Å². The van der Waals surface area contributed by atoms with E-state index < -0.39 is 5.97 Å². The lowest BCUT2D eigenvalue weighted by Gasteiger charge is -2.21. The standard InChI is InChI=1S/C16H18N2O2/c1-16(2)7-8-18(10-16)14-9-12(15(19)20)11-5-3-4-6-13(11)17-14/h3-6,9H,7-8,10H2,1-2H3,(H,19,20). The molecule has 0 bridgehead atoms. The predicted octanol–water partition coefficient (Wildman–Crippen LogP) is 3.17. The zero-order valence-electron chi connectivity index (χ0n) is 11.8. The molecule has 1 N–H and O–H groups in total. The maximum absolute atomic E-state index is 11.5. The van der Waals surface area contributed by atoms with Crippen molar-refractivity contribution in [3.63, 3.8) is 0 Å². The number of carboxylic acid groups (broad SMARTS) is 1. The molecule has 4 heteroatoms. The van der Waals surface area contributed by atoms with Gasteiger partial charge in [0.15, 0.2) is 0 Å². The lowest BCUT2D eigenvalue weighted by atomic mass is 9.93. The third-order valence-corrected chi connectivity index (χ3v) is 3.93. The summed E-state index contributed by atoms with van der Waals surface area (Å²) in [5.74, 6) is -0.130. The van der Waals surface area contributed by atoms with Crippen LogP contribution in [0.15, 0.2) is 30.3 Å². The molecule has 2 heterocycles. The molecule has 0 amide bonds. The van der Waals surface area contributed by atoms with Gasteiger partial charge < -0.3 is 10.0 Å². The second-order valence-electron chi connectivity index (χ2n) is 6.19. The van der Waals surface area contributed by atoms with Crippen LogP contribution in [0.25, 0.3) is 10.9 Å². The molecule has 0 spiro atoms. The highest BCUT2D eigenvalue weighted by Crippen LogP contribution is 2.33. The summed E-state index contributed by atoms with van der Waals surface area (Å²) < 4.78 is 0. The van der Waals surface area contributed by atoms with Gasteiger partial charge in [0.2, 0.25) is 0 Å². The van der Waals surface area contributed by atoms with Gasteiger partial charge in [-0.05, 0) is 24.0 Å². The number of hydrogen-bond donors (Lipinski definition) is 1. The summed E-state index contributed by atoms with van der Waals surface area (Å²) in [6.07, 6.45) is 1.10. The Hall–Kier alpha value is -2.10. The van der Waals surface area contributed by atoms with E-state index in [0.29, 0.717) is 10.9 Å². The average molecular weight is 270 g/mol. The van der Waals surface area contributed by atoms with E-state index >= 15 is 0 Å². The fraction of sp³-hybridized carbons (Fsp3) is 0.375. The molecule has 1 aliphatic heterocycles. The minimum absolute atomic E-state index is 0.261. The van der Waals surface area contributed by atoms with E-state index in [0.717, 1.165) is 30.8 Å². The fourth-order valence-electron chi connectivity index (χ4n) is 2.81. The monoisotopic (exact) mass is 270 g/mol. The van der Waals surface area contributed by atoms with Gasteiger partial charge in [-0.15, -0.1) is 0 Å². The molecule has 1 fully saturated rings. The molecule has 2 aromatic rings. The van der Waals surface area contributed by atoms with Crippen molar-refractivity contribution < 1.29 is 9.90 Å². The Bertz CT molecular complexity index is 679. The molecule has 1 aliphatic rings. The number of benzene rings is 1. The van der Waals surface area contributed by atoms with Crippen LogP contribution in [0.5, 0.6) is 0 Å². The molecule has 1 aromatic heterocycles. The van der Waals surface area contributed by atoms with Gasteiger partial charge in [-0.2, -0.15) is 0 Å². The van der Waals surface area contributed by atoms with Gasteiger partial charge in [0.1, 0.15) is 5.82 Å². The van der Waals surface area contributed by atoms with Crippen molar-refractivity contribution in [3.05, 3.63) is 35.9 Å². The van der Waals surface area contributed by atoms with Gasteiger partial charge in [-0.3, -0.25) is 0 Å². The normalized spacial score (nSPS) is 17.6. The zero-order valence-corrected chi connectivity index (χ0v) is 11.8. The van der Waals surface area contributed by atoms with Crippen molar-refractivity contribution in [2.75, 3.05) is 18.0 Å². The molecule has 4 nitrogen and oxygen atoms in total. The topological polar surface area (TPSA) is 53.4 Å². The number of rotatable bonds is 2. The summed E-state index contributed by atoms with van der Waals surface area (Å²) in [5, 5.41) is 10.1. The quantitative estimate of drug-likeness (QED) is 0.910. The fourth-order valence-corrected chi connectivity index (χ4v) is 2.81. The number of aromatic nitrogens is 1. The maximum atomic E-state index is 11.5. The van der Waals surface area contributed by atoms with Gasteiger partial charge in [-0.25, -0.2) is 9.78 Å². The second-order valence-corrected chi connectivity index (χ2v) is 6.19. The third-order valence-electron chi connectivity index (χ3n) is 3.93. The number of para-hydroxylation sites is 1. The minimum Gasteiger partial charge on any atom is -0.478 e. The first-order valence-corrected chi connectivity index (χ1v) is 6.84. The molecule has 1 saturated heterocycles. The predicted molar refractivity (Wildman–Crippen MR) is 79.3 cm³/mol. The molecule has 3 rings (SSSR count). The van der Waals surface area contributed by atoms with E-state index in [-0.39, 0.29) is 5.41 Å². The lowest BCUT2D eigenvalue weighted by molar-refractivity contribution is 0.0699. The van der Waals surface area contributed by atoms with Crippen LogP contribution in [0.1, 0.15) is 30.6 Å². The minimum atomic E-state index is -0.900. The van der Waals surface area contributed by atoms with Crippen molar-refractivity contribution in [2.24, 2.45) is 5.41 Å². The summed E-state index contributed by atoms with van der Waals surface area (Å²) in [7, 11) is 0. The van der Waals surface area contributed by atoms with Gasteiger partial charge in [-0.1, -0.05) is 32.0 Å². The van der Waals surface area contributed by atoms with Crippen molar-refractivity contribution in [2.45, 2.75) is 20.3 Å². The van der Waals surface area contributed by atoms with Crippen LogP contribution < -0.4 is 4.90 Å². The molecular formula is C16H18N2O2. The first kappa shape index (κ1) is 12.9. The number of aromatic carboxylic acids is 1. The molecule has 1 aromatic carbocycles. The number of carboxylic acids is 1. The van der Waals surface area contributed by atoms with E-state index in [2.05, 4.69) is 23.7 Å². The van der Waals surface area contributed by atoms with E-state index in [9.17, 15) is 9.90 Å². The summed E-state index contributed by atoms with van der Waals surface area (Å²) in [4.78, 5) is 18.3. The van der Waals surface area contributed by atoms with Crippen LogP contribution in [0.3, 0.4) is 0 Å². The number of pyridine rings is 1. The number of nitrogens with zero attached hydrogens (tertiary/aromatic N) is 2. The Labute approximate surface area is 118 Å². The van der Waals surface area contributed by atoms with Crippen LogP contribution in [0.2, 0.25) is 0 Å². The maximum Gasteiger partial charge on any atom is 0.336 e. The summed E-state index contributed by atoms with van der Waals surface area (Å²) in [6, 6.07) is 9.11. The van der Waals surface area contributed by atoms with Crippen molar-refractivity contribution in [1.82, 2.24) is 4.98 Å². The van der Waals surface area contributed by atoms with E-state index in [1.165, 1.54) is 0 Å². The van der Waals surface area contributed by atoms with Crippen LogP contribution >= 0.6 is 0 Å². The second kappa shape index (κ2) is 4.47. The smallest absolute Gasteiger partial charge is 0.336 e. The van der Waals surface area contributed by atoms with Crippen LogP contribution in [-0.2, 0) is 0 Å². The number of anilines is 1. The van der Waals surface area contributed by atoms with Crippen LogP contribution in [0, 0.1) is 5.41 Å². The number of carbonyl (C=O) groups is 1. The van der Waals surface area contributed by atoms with Crippen LogP contribution in [0.4, 0.5) is 5.82 Å². The Kier molecular flexibility index (Phi) is 2.89. The Balaban J connectivity index is 2.11. The van der Waals surface area contributed by atoms with Gasteiger partial charge in [0.05, 0.1) is 11.1 Å². The lowest BCUT2D eigenvalue weighted by Crippen LogP contribution is -2.24. The Morgan fingerprint density at radius 2 is 2.10 bits per heavy atom. The molecule has 104 valence electrons. The summed E-state index contributed by atoms with van der Waals surface area (Å²) in [5.41, 5.74) is 1.33. The highest BCUT2D eigenvalue weighted by atomic mass is 16.4. The summed E-state index contributed by atoms with van der Waals surface area (Å²) in [6.45, 7) is 6.30. The molecule has 0 radical (unpaired) electrons. The summed E-state index contributed by atoms with van der Waals surface area (Å²) >= 11 is 0. The van der Waals surface area contributed by atoms with Crippen LogP contribution in [-0.4, -0.2) is 29.1 Å². The van der Waals surface area contributed by atoms with Gasteiger partial charge in [0.25, 0.3) is 0 Å². The highest BCUT2D eigenvalue weighted by molar-refractivity contribution is 6.03. The van der Waals surface area contributed by atoms with Crippen molar-refractivity contribution >= 4 is 22.7 Å². The van der Waals surface area contributed by atoms with Crippen molar-refractivity contribution in [1.29, 1.82) is 0 Å². The first-order chi connectivity index (χ1) is 9.46. The van der Waals surface area contributed by atoms with E-state index in [1.807, 2.05) is 24.3 Å². The third kappa shape index (κ3) is 2.22.